The minimum Gasteiger partial charge on any atom is -0.329 e. The molecule has 3 rings (SSSR count). The van der Waals surface area contributed by atoms with Crippen LogP contribution in [0.25, 0.3) is 0 Å². The van der Waals surface area contributed by atoms with Crippen molar-refractivity contribution in [2.45, 2.75) is 44.3 Å². The van der Waals surface area contributed by atoms with E-state index in [1.165, 1.54) is 37.9 Å². The number of fused-ring (bicyclic) bond motifs is 1. The maximum atomic E-state index is 6.16. The molecule has 0 radical (unpaired) electrons. The quantitative estimate of drug-likeness (QED) is 0.932. The fourth-order valence-corrected chi connectivity index (χ4v) is 4.18. The Morgan fingerprint density at radius 2 is 2.19 bits per heavy atom. The van der Waals surface area contributed by atoms with Gasteiger partial charge in [-0.25, -0.2) is 0 Å². The Kier molecular flexibility index (Phi) is 4.85. The first kappa shape index (κ1) is 15.3. The lowest BCUT2D eigenvalue weighted by atomic mass is 9.94. The van der Waals surface area contributed by atoms with Crippen LogP contribution in [0.5, 0.6) is 0 Å². The van der Waals surface area contributed by atoms with Crippen molar-refractivity contribution in [3.63, 3.8) is 0 Å². The highest BCUT2D eigenvalue weighted by atomic mass is 35.5. The molecule has 3 nitrogen and oxygen atoms in total. The molecule has 0 aromatic heterocycles. The number of halogens is 1. The lowest BCUT2D eigenvalue weighted by Crippen LogP contribution is -2.60. The van der Waals surface area contributed by atoms with Crippen LogP contribution in [-0.4, -0.2) is 48.1 Å². The Balaban J connectivity index is 1.79. The van der Waals surface area contributed by atoms with Crippen LogP contribution in [0.2, 0.25) is 5.02 Å². The van der Waals surface area contributed by atoms with Gasteiger partial charge in [-0.15, -0.1) is 0 Å². The molecule has 116 valence electrons. The SMILES string of the molecule is CC1CN2CCCCC2CN1C(CN)c1cccc(Cl)c1. The third kappa shape index (κ3) is 3.26. The Morgan fingerprint density at radius 1 is 1.33 bits per heavy atom. The second-order valence-electron chi connectivity index (χ2n) is 6.50. The van der Waals surface area contributed by atoms with Crippen molar-refractivity contribution in [2.24, 2.45) is 5.73 Å². The van der Waals surface area contributed by atoms with Crippen molar-refractivity contribution in [1.82, 2.24) is 9.80 Å². The topological polar surface area (TPSA) is 32.5 Å². The van der Waals surface area contributed by atoms with Gasteiger partial charge in [-0.1, -0.05) is 30.2 Å². The van der Waals surface area contributed by atoms with Gasteiger partial charge in [-0.05, 0) is 44.0 Å². The van der Waals surface area contributed by atoms with Crippen molar-refractivity contribution in [2.75, 3.05) is 26.2 Å². The number of nitrogens with zero attached hydrogens (tertiary/aromatic N) is 2. The average molecular weight is 308 g/mol. The van der Waals surface area contributed by atoms with E-state index in [2.05, 4.69) is 28.9 Å². The van der Waals surface area contributed by atoms with Gasteiger partial charge in [0.05, 0.1) is 0 Å². The van der Waals surface area contributed by atoms with Gasteiger partial charge in [-0.3, -0.25) is 9.80 Å². The first-order valence-corrected chi connectivity index (χ1v) is 8.52. The fourth-order valence-electron chi connectivity index (χ4n) is 3.99. The molecular formula is C17H26ClN3. The highest BCUT2D eigenvalue weighted by Gasteiger charge is 2.36. The fraction of sp³-hybridized carbons (Fsp3) is 0.647. The maximum Gasteiger partial charge on any atom is 0.0475 e. The van der Waals surface area contributed by atoms with Crippen molar-refractivity contribution in [1.29, 1.82) is 0 Å². The van der Waals surface area contributed by atoms with Gasteiger partial charge in [0, 0.05) is 42.8 Å². The third-order valence-corrected chi connectivity index (χ3v) is 5.33. The van der Waals surface area contributed by atoms with E-state index in [1.54, 1.807) is 0 Å². The number of hydrogen-bond acceptors (Lipinski definition) is 3. The molecule has 0 saturated carbocycles. The summed E-state index contributed by atoms with van der Waals surface area (Å²) in [6.45, 7) is 6.56. The summed E-state index contributed by atoms with van der Waals surface area (Å²) in [7, 11) is 0. The van der Waals surface area contributed by atoms with Crippen molar-refractivity contribution < 1.29 is 0 Å². The van der Waals surface area contributed by atoms with Crippen LogP contribution < -0.4 is 5.73 Å². The maximum absolute atomic E-state index is 6.16. The molecule has 2 saturated heterocycles. The van der Waals surface area contributed by atoms with Crippen LogP contribution in [0.15, 0.2) is 24.3 Å². The Bertz CT molecular complexity index is 479. The van der Waals surface area contributed by atoms with E-state index in [0.29, 0.717) is 18.6 Å². The highest BCUT2D eigenvalue weighted by Crippen LogP contribution is 2.31. The standard InChI is InChI=1S/C17H26ClN3/c1-13-11-20-8-3-2-7-16(20)12-21(13)17(10-19)14-5-4-6-15(18)9-14/h4-6,9,13,16-17H,2-3,7-8,10-12,19H2,1H3. The number of hydrogen-bond donors (Lipinski definition) is 1. The van der Waals surface area contributed by atoms with Gasteiger partial charge in [0.15, 0.2) is 0 Å². The minimum atomic E-state index is 0.280. The van der Waals surface area contributed by atoms with E-state index in [1.807, 2.05) is 12.1 Å². The van der Waals surface area contributed by atoms with Crippen LogP contribution >= 0.6 is 11.6 Å². The second kappa shape index (κ2) is 6.66. The molecule has 0 amide bonds. The van der Waals surface area contributed by atoms with Gasteiger partial charge < -0.3 is 5.73 Å². The summed E-state index contributed by atoms with van der Waals surface area (Å²) in [6.07, 6.45) is 4.06. The van der Waals surface area contributed by atoms with Crippen LogP contribution in [0.4, 0.5) is 0 Å². The van der Waals surface area contributed by atoms with E-state index in [-0.39, 0.29) is 6.04 Å². The Labute approximate surface area is 133 Å². The Hall–Kier alpha value is -0.610. The normalized spacial score (nSPS) is 29.1. The van der Waals surface area contributed by atoms with Crippen molar-refractivity contribution in [3.05, 3.63) is 34.9 Å². The second-order valence-corrected chi connectivity index (χ2v) is 6.93. The van der Waals surface area contributed by atoms with E-state index >= 15 is 0 Å². The average Bonchev–Trinajstić information content (AvgIpc) is 2.48. The van der Waals surface area contributed by atoms with E-state index in [9.17, 15) is 0 Å². The lowest BCUT2D eigenvalue weighted by molar-refractivity contribution is -0.00666. The molecule has 2 aliphatic rings. The molecule has 3 unspecified atom stereocenters. The third-order valence-electron chi connectivity index (χ3n) is 5.09. The predicted octanol–water partition coefficient (Wildman–Crippen LogP) is 2.90. The van der Waals surface area contributed by atoms with Crippen LogP contribution in [0.3, 0.4) is 0 Å². The molecule has 4 heteroatoms. The number of nitrogens with two attached hydrogens (primary N) is 1. The highest BCUT2D eigenvalue weighted by molar-refractivity contribution is 6.30. The minimum absolute atomic E-state index is 0.280. The molecule has 1 aromatic carbocycles. The molecule has 2 N–H and O–H groups in total. The molecule has 3 atom stereocenters. The molecule has 1 aromatic rings. The molecular weight excluding hydrogens is 282 g/mol. The zero-order valence-electron chi connectivity index (χ0n) is 12.8. The molecule has 0 bridgehead atoms. The van der Waals surface area contributed by atoms with Crippen molar-refractivity contribution >= 4 is 11.6 Å². The zero-order chi connectivity index (χ0) is 14.8. The number of benzene rings is 1. The van der Waals surface area contributed by atoms with Crippen LogP contribution in [0, 0.1) is 0 Å². The summed E-state index contributed by atoms with van der Waals surface area (Å²) in [5, 5.41) is 0.801. The van der Waals surface area contributed by atoms with E-state index in [0.717, 1.165) is 11.6 Å². The van der Waals surface area contributed by atoms with Crippen LogP contribution in [0.1, 0.15) is 37.8 Å². The molecule has 2 aliphatic heterocycles. The van der Waals surface area contributed by atoms with Crippen molar-refractivity contribution in [3.8, 4) is 0 Å². The monoisotopic (exact) mass is 307 g/mol. The molecule has 2 fully saturated rings. The van der Waals surface area contributed by atoms with Gasteiger partial charge in [0.2, 0.25) is 0 Å². The summed E-state index contributed by atoms with van der Waals surface area (Å²) < 4.78 is 0. The first-order valence-electron chi connectivity index (χ1n) is 8.14. The van der Waals surface area contributed by atoms with Gasteiger partial charge in [-0.2, -0.15) is 0 Å². The molecule has 0 aliphatic carbocycles. The number of rotatable bonds is 3. The van der Waals surface area contributed by atoms with E-state index in [4.69, 9.17) is 17.3 Å². The smallest absolute Gasteiger partial charge is 0.0475 e. The summed E-state index contributed by atoms with van der Waals surface area (Å²) in [6, 6.07) is 9.73. The molecule has 21 heavy (non-hydrogen) atoms. The van der Waals surface area contributed by atoms with E-state index < -0.39 is 0 Å². The largest absolute Gasteiger partial charge is 0.329 e. The number of piperazine rings is 1. The zero-order valence-corrected chi connectivity index (χ0v) is 13.6. The molecule has 2 heterocycles. The lowest BCUT2D eigenvalue weighted by Gasteiger charge is -2.50. The summed E-state index contributed by atoms with van der Waals surface area (Å²) in [5.41, 5.74) is 7.37. The summed E-state index contributed by atoms with van der Waals surface area (Å²) >= 11 is 6.16. The molecule has 0 spiro atoms. The van der Waals surface area contributed by atoms with Gasteiger partial charge in [0.1, 0.15) is 0 Å². The van der Waals surface area contributed by atoms with Gasteiger partial charge >= 0.3 is 0 Å². The predicted molar refractivity (Wildman–Crippen MR) is 88.6 cm³/mol. The first-order chi connectivity index (χ1) is 10.2. The Morgan fingerprint density at radius 3 is 2.95 bits per heavy atom. The summed E-state index contributed by atoms with van der Waals surface area (Å²) in [4.78, 5) is 5.27. The van der Waals surface area contributed by atoms with Crippen LogP contribution in [-0.2, 0) is 0 Å². The number of piperidine rings is 1. The summed E-state index contributed by atoms with van der Waals surface area (Å²) in [5.74, 6) is 0. The van der Waals surface area contributed by atoms with Gasteiger partial charge in [0.25, 0.3) is 0 Å².